The van der Waals surface area contributed by atoms with Crippen molar-refractivity contribution in [3.05, 3.63) is 68.2 Å². The third-order valence-corrected chi connectivity index (χ3v) is 6.33. The summed E-state index contributed by atoms with van der Waals surface area (Å²) < 4.78 is 1.42. The van der Waals surface area contributed by atoms with E-state index in [1.165, 1.54) is 36.9 Å². The van der Waals surface area contributed by atoms with Crippen LogP contribution in [-0.4, -0.2) is 32.7 Å². The van der Waals surface area contributed by atoms with Crippen LogP contribution in [0.5, 0.6) is 0 Å². The topological polar surface area (TPSA) is 127 Å². The largest absolute Gasteiger partial charge is 0.325 e. The number of nitrogens with zero attached hydrogens (tertiary/aromatic N) is 3. The number of carbonyl (C=O) groups is 2. The van der Waals surface area contributed by atoms with Gasteiger partial charge in [-0.3, -0.25) is 25.0 Å². The van der Waals surface area contributed by atoms with Crippen molar-refractivity contribution in [3.63, 3.8) is 0 Å². The van der Waals surface area contributed by atoms with Crippen molar-refractivity contribution in [2.45, 2.75) is 11.3 Å². The van der Waals surface area contributed by atoms with Gasteiger partial charge in [-0.1, -0.05) is 45.1 Å². The first-order valence-electron chi connectivity index (χ1n) is 8.40. The van der Waals surface area contributed by atoms with Gasteiger partial charge in [0.25, 0.3) is 11.6 Å². The van der Waals surface area contributed by atoms with Crippen molar-refractivity contribution in [1.82, 2.24) is 10.2 Å². The van der Waals surface area contributed by atoms with E-state index in [2.05, 4.69) is 36.8 Å². The van der Waals surface area contributed by atoms with Gasteiger partial charge in [0.1, 0.15) is 0 Å². The number of hydrogen-bond donors (Lipinski definition) is 2. The van der Waals surface area contributed by atoms with Gasteiger partial charge >= 0.3 is 0 Å². The zero-order valence-electron chi connectivity index (χ0n) is 15.4. The lowest BCUT2D eigenvalue weighted by Crippen LogP contribution is -2.14. The van der Waals surface area contributed by atoms with E-state index in [4.69, 9.17) is 0 Å². The molecule has 2 N–H and O–H groups in total. The number of carbonyl (C=O) groups excluding carboxylic acids is 2. The Labute approximate surface area is 187 Å². The van der Waals surface area contributed by atoms with Crippen molar-refractivity contribution in [3.8, 4) is 0 Å². The molecule has 0 spiro atoms. The van der Waals surface area contributed by atoms with Gasteiger partial charge in [-0.15, -0.1) is 10.2 Å². The minimum absolute atomic E-state index is 0.128. The number of anilines is 2. The molecule has 154 valence electrons. The fourth-order valence-electron chi connectivity index (χ4n) is 2.41. The first kappa shape index (κ1) is 21.9. The summed E-state index contributed by atoms with van der Waals surface area (Å²) in [6.07, 6.45) is 0. The van der Waals surface area contributed by atoms with Crippen LogP contribution in [0.15, 0.2) is 51.3 Å². The summed E-state index contributed by atoms with van der Waals surface area (Å²) in [5.41, 5.74) is 1.00. The van der Waals surface area contributed by atoms with Gasteiger partial charge in [0, 0.05) is 27.4 Å². The number of rotatable bonds is 7. The van der Waals surface area contributed by atoms with Crippen LogP contribution in [0.3, 0.4) is 0 Å². The van der Waals surface area contributed by atoms with Crippen LogP contribution in [0, 0.1) is 17.0 Å². The first-order chi connectivity index (χ1) is 14.3. The minimum atomic E-state index is -0.537. The average molecular weight is 508 g/mol. The molecule has 3 rings (SSSR count). The second kappa shape index (κ2) is 9.78. The van der Waals surface area contributed by atoms with Gasteiger partial charge in [-0.25, -0.2) is 0 Å². The predicted molar refractivity (Wildman–Crippen MR) is 119 cm³/mol. The number of benzene rings is 2. The Morgan fingerprint density at radius 1 is 1.17 bits per heavy atom. The number of thioether (sulfide) groups is 1. The molecule has 0 aliphatic heterocycles. The highest BCUT2D eigenvalue weighted by Gasteiger charge is 2.19. The Kier molecular flexibility index (Phi) is 7.13. The quantitative estimate of drug-likeness (QED) is 0.208. The fourth-order valence-corrected chi connectivity index (χ4v) is 4.22. The Morgan fingerprint density at radius 2 is 1.90 bits per heavy atom. The molecule has 0 radical (unpaired) electrons. The standard InChI is InChI=1S/C18H14BrN5O4S2/c1-10-13(3-2-4-14(10)24(27)28)16(26)21-17-22-23-18(30-17)29-9-15(25)20-12-7-5-11(19)6-8-12/h2-8H,9H2,1H3,(H,20,25)(H,21,22,26). The van der Waals surface area contributed by atoms with Crippen molar-refractivity contribution in [1.29, 1.82) is 0 Å². The van der Waals surface area contributed by atoms with Crippen LogP contribution in [0.2, 0.25) is 0 Å². The smallest absolute Gasteiger partial charge is 0.273 e. The van der Waals surface area contributed by atoms with E-state index in [-0.39, 0.29) is 33.6 Å². The maximum Gasteiger partial charge on any atom is 0.273 e. The number of aromatic nitrogens is 2. The third kappa shape index (κ3) is 5.62. The number of nitrogens with one attached hydrogen (secondary N) is 2. The zero-order valence-corrected chi connectivity index (χ0v) is 18.6. The first-order valence-corrected chi connectivity index (χ1v) is 11.0. The van der Waals surface area contributed by atoms with Crippen LogP contribution in [0.1, 0.15) is 15.9 Å². The SMILES string of the molecule is Cc1c(C(=O)Nc2nnc(SCC(=O)Nc3ccc(Br)cc3)s2)cccc1[N+](=O)[O-]. The molecular weight excluding hydrogens is 494 g/mol. The van der Waals surface area contributed by atoms with E-state index in [9.17, 15) is 19.7 Å². The number of nitro benzene ring substituents is 1. The molecule has 9 nitrogen and oxygen atoms in total. The normalized spacial score (nSPS) is 10.5. The fraction of sp³-hybridized carbons (Fsp3) is 0.111. The van der Waals surface area contributed by atoms with Gasteiger partial charge in [0.05, 0.1) is 10.7 Å². The highest BCUT2D eigenvalue weighted by atomic mass is 79.9. The molecule has 0 unspecified atom stereocenters. The molecule has 1 aromatic heterocycles. The van der Waals surface area contributed by atoms with E-state index in [0.29, 0.717) is 10.0 Å². The zero-order chi connectivity index (χ0) is 21.7. The van der Waals surface area contributed by atoms with Crippen LogP contribution in [0.25, 0.3) is 0 Å². The average Bonchev–Trinajstić information content (AvgIpc) is 3.15. The second-order valence-corrected chi connectivity index (χ2v) is 8.99. The van der Waals surface area contributed by atoms with Crippen molar-refractivity contribution >= 4 is 67.3 Å². The van der Waals surface area contributed by atoms with Crippen LogP contribution < -0.4 is 10.6 Å². The molecular formula is C18H14BrN5O4S2. The Hall–Kier alpha value is -2.83. The van der Waals surface area contributed by atoms with Crippen molar-refractivity contribution in [2.75, 3.05) is 16.4 Å². The number of hydrogen-bond acceptors (Lipinski definition) is 8. The molecule has 1 heterocycles. The van der Waals surface area contributed by atoms with Crippen molar-refractivity contribution in [2.24, 2.45) is 0 Å². The lowest BCUT2D eigenvalue weighted by Gasteiger charge is -2.05. The van der Waals surface area contributed by atoms with E-state index in [1.807, 2.05) is 12.1 Å². The summed E-state index contributed by atoms with van der Waals surface area (Å²) in [4.78, 5) is 35.0. The van der Waals surface area contributed by atoms with Crippen LogP contribution in [-0.2, 0) is 4.79 Å². The Bertz CT molecular complexity index is 1100. The Balaban J connectivity index is 1.57. The molecule has 0 fully saturated rings. The number of halogens is 1. The molecule has 30 heavy (non-hydrogen) atoms. The van der Waals surface area contributed by atoms with Gasteiger partial charge in [-0.2, -0.15) is 0 Å². The monoisotopic (exact) mass is 507 g/mol. The molecule has 12 heteroatoms. The van der Waals surface area contributed by atoms with Gasteiger partial charge in [0.15, 0.2) is 4.34 Å². The molecule has 0 saturated heterocycles. The van der Waals surface area contributed by atoms with Crippen LogP contribution in [0.4, 0.5) is 16.5 Å². The number of amides is 2. The van der Waals surface area contributed by atoms with Gasteiger partial charge in [-0.05, 0) is 37.3 Å². The maximum absolute atomic E-state index is 12.4. The molecule has 0 aliphatic rings. The van der Waals surface area contributed by atoms with Gasteiger partial charge in [0.2, 0.25) is 11.0 Å². The van der Waals surface area contributed by atoms with E-state index in [1.54, 1.807) is 12.1 Å². The lowest BCUT2D eigenvalue weighted by molar-refractivity contribution is -0.385. The van der Waals surface area contributed by atoms with Gasteiger partial charge < -0.3 is 5.32 Å². The summed E-state index contributed by atoms with van der Waals surface area (Å²) in [5.74, 6) is -0.588. The minimum Gasteiger partial charge on any atom is -0.325 e. The van der Waals surface area contributed by atoms with Crippen molar-refractivity contribution < 1.29 is 14.5 Å². The molecule has 0 atom stereocenters. The van der Waals surface area contributed by atoms with E-state index >= 15 is 0 Å². The molecule has 2 aromatic carbocycles. The molecule has 0 saturated carbocycles. The second-order valence-electron chi connectivity index (χ2n) is 5.88. The molecule has 2 amide bonds. The number of nitro groups is 1. The molecule has 0 aliphatic carbocycles. The third-order valence-electron chi connectivity index (χ3n) is 3.83. The van der Waals surface area contributed by atoms with Crippen LogP contribution >= 0.6 is 39.0 Å². The molecule has 3 aromatic rings. The summed E-state index contributed by atoms with van der Waals surface area (Å²) in [5, 5.41) is 24.5. The summed E-state index contributed by atoms with van der Waals surface area (Å²) in [6, 6.07) is 11.5. The van der Waals surface area contributed by atoms with E-state index < -0.39 is 10.8 Å². The summed E-state index contributed by atoms with van der Waals surface area (Å²) in [6.45, 7) is 1.51. The summed E-state index contributed by atoms with van der Waals surface area (Å²) in [7, 11) is 0. The highest BCUT2D eigenvalue weighted by molar-refractivity contribution is 9.10. The molecule has 0 bridgehead atoms. The Morgan fingerprint density at radius 3 is 2.60 bits per heavy atom. The maximum atomic E-state index is 12.4. The van der Waals surface area contributed by atoms with E-state index in [0.717, 1.165) is 15.8 Å². The predicted octanol–water partition coefficient (Wildman–Crippen LogP) is 4.50. The lowest BCUT2D eigenvalue weighted by atomic mass is 10.1. The summed E-state index contributed by atoms with van der Waals surface area (Å²) >= 11 is 5.63. The highest BCUT2D eigenvalue weighted by Crippen LogP contribution is 2.27.